The van der Waals surface area contributed by atoms with E-state index in [1.54, 1.807) is 18.2 Å². The van der Waals surface area contributed by atoms with Crippen LogP contribution in [0.2, 0.25) is 0 Å². The van der Waals surface area contributed by atoms with Crippen LogP contribution in [0.5, 0.6) is 0 Å². The number of halogens is 4. The first-order valence-electron chi connectivity index (χ1n) is 8.83. The minimum absolute atomic E-state index is 0.00138. The van der Waals surface area contributed by atoms with Crippen LogP contribution >= 0.6 is 0 Å². The molecule has 0 aliphatic rings. The van der Waals surface area contributed by atoms with Crippen molar-refractivity contribution >= 4 is 17.4 Å². The zero-order valence-corrected chi connectivity index (χ0v) is 15.4. The van der Waals surface area contributed by atoms with E-state index in [0.29, 0.717) is 0 Å². The molecule has 4 nitrogen and oxygen atoms in total. The molecule has 0 spiro atoms. The highest BCUT2D eigenvalue weighted by molar-refractivity contribution is 6.05. The van der Waals surface area contributed by atoms with Crippen molar-refractivity contribution in [1.29, 1.82) is 0 Å². The molecule has 0 aliphatic heterocycles. The summed E-state index contributed by atoms with van der Waals surface area (Å²) in [6.07, 6.45) is -5.91. The largest absolute Gasteiger partial charge is 0.416 e. The Morgan fingerprint density at radius 3 is 2.10 bits per heavy atom. The van der Waals surface area contributed by atoms with E-state index in [2.05, 4.69) is 10.6 Å². The molecule has 1 amide bonds. The summed E-state index contributed by atoms with van der Waals surface area (Å²) in [6.45, 7) is 0. The topological polar surface area (TPSA) is 58.2 Å². The summed E-state index contributed by atoms with van der Waals surface area (Å²) in [7, 11) is 0. The Hall–Kier alpha value is -3.68. The Kier molecular flexibility index (Phi) is 6.15. The maximum absolute atomic E-state index is 13.1. The molecule has 0 saturated heterocycles. The van der Waals surface area contributed by atoms with Gasteiger partial charge in [-0.2, -0.15) is 13.2 Å². The molecule has 8 heteroatoms. The average Bonchev–Trinajstić information content (AvgIpc) is 2.73. The first-order valence-corrected chi connectivity index (χ1v) is 8.83. The van der Waals surface area contributed by atoms with Crippen LogP contribution in [0, 0.1) is 5.82 Å². The smallest absolute Gasteiger partial charge is 0.359 e. The van der Waals surface area contributed by atoms with Gasteiger partial charge in [0.15, 0.2) is 6.17 Å². The number of ketones is 1. The zero-order valence-electron chi connectivity index (χ0n) is 15.4. The number of carbonyl (C=O) groups excluding carboxylic acids is 2. The van der Waals surface area contributed by atoms with E-state index >= 15 is 0 Å². The van der Waals surface area contributed by atoms with Gasteiger partial charge in [-0.15, -0.1) is 0 Å². The van der Waals surface area contributed by atoms with Gasteiger partial charge in [-0.3, -0.25) is 9.59 Å². The second-order valence-electron chi connectivity index (χ2n) is 6.37. The molecule has 0 fully saturated rings. The van der Waals surface area contributed by atoms with Crippen molar-refractivity contribution in [3.8, 4) is 0 Å². The van der Waals surface area contributed by atoms with Gasteiger partial charge in [-0.05, 0) is 42.5 Å². The van der Waals surface area contributed by atoms with Gasteiger partial charge in [0.1, 0.15) is 5.82 Å². The third-order valence-corrected chi connectivity index (χ3v) is 4.20. The Bertz CT molecular complexity index is 1040. The molecular weight excluding hydrogens is 400 g/mol. The zero-order chi connectivity index (χ0) is 21.7. The second-order valence-corrected chi connectivity index (χ2v) is 6.37. The third kappa shape index (κ3) is 5.22. The average molecular weight is 416 g/mol. The molecule has 30 heavy (non-hydrogen) atoms. The molecule has 3 aromatic carbocycles. The van der Waals surface area contributed by atoms with Gasteiger partial charge in [0.25, 0.3) is 5.91 Å². The predicted molar refractivity (Wildman–Crippen MR) is 103 cm³/mol. The Balaban J connectivity index is 1.89. The highest BCUT2D eigenvalue weighted by Crippen LogP contribution is 2.30. The SMILES string of the molecule is O=C(NC(Nc1cccc(C(F)(F)F)c1)C(=O)c1ccccc1)c1ccc(F)cc1. The van der Waals surface area contributed by atoms with E-state index in [1.165, 1.54) is 36.4 Å². The summed E-state index contributed by atoms with van der Waals surface area (Å²) in [5, 5.41) is 5.10. The minimum atomic E-state index is -4.56. The van der Waals surface area contributed by atoms with E-state index in [0.717, 1.165) is 24.3 Å². The summed E-state index contributed by atoms with van der Waals surface area (Å²) in [5.74, 6) is -1.78. The summed E-state index contributed by atoms with van der Waals surface area (Å²) < 4.78 is 52.1. The third-order valence-electron chi connectivity index (χ3n) is 4.20. The van der Waals surface area contributed by atoms with E-state index in [-0.39, 0.29) is 16.8 Å². The lowest BCUT2D eigenvalue weighted by molar-refractivity contribution is -0.137. The van der Waals surface area contributed by atoms with Gasteiger partial charge in [0, 0.05) is 16.8 Å². The number of amides is 1. The van der Waals surface area contributed by atoms with Crippen molar-refractivity contribution in [2.45, 2.75) is 12.3 Å². The summed E-state index contributed by atoms with van der Waals surface area (Å²) in [4.78, 5) is 25.4. The molecule has 1 atom stereocenters. The maximum atomic E-state index is 13.1. The number of anilines is 1. The summed E-state index contributed by atoms with van der Waals surface area (Å²) in [5.41, 5.74) is -0.559. The number of benzene rings is 3. The summed E-state index contributed by atoms with van der Waals surface area (Å²) in [6, 6.07) is 16.9. The second kappa shape index (κ2) is 8.77. The highest BCUT2D eigenvalue weighted by atomic mass is 19.4. The first-order chi connectivity index (χ1) is 14.2. The van der Waals surface area contributed by atoms with Crippen molar-refractivity contribution in [1.82, 2.24) is 5.32 Å². The van der Waals surface area contributed by atoms with Crippen molar-refractivity contribution < 1.29 is 27.2 Å². The van der Waals surface area contributed by atoms with Gasteiger partial charge in [0.05, 0.1) is 5.56 Å². The van der Waals surface area contributed by atoms with Crippen LogP contribution in [0.1, 0.15) is 26.3 Å². The van der Waals surface area contributed by atoms with E-state index in [4.69, 9.17) is 0 Å². The van der Waals surface area contributed by atoms with Gasteiger partial charge in [-0.25, -0.2) is 4.39 Å². The standard InChI is InChI=1S/C22H16F4N2O2/c23-17-11-9-15(10-12-17)21(30)28-20(19(29)14-5-2-1-3-6-14)27-18-8-4-7-16(13-18)22(24,25)26/h1-13,20,27H,(H,28,30). The van der Waals surface area contributed by atoms with Crippen molar-refractivity contribution in [3.63, 3.8) is 0 Å². The summed E-state index contributed by atoms with van der Waals surface area (Å²) >= 11 is 0. The number of hydrogen-bond acceptors (Lipinski definition) is 3. The van der Waals surface area contributed by atoms with Crippen LogP contribution in [0.25, 0.3) is 0 Å². The van der Waals surface area contributed by atoms with E-state index in [9.17, 15) is 27.2 Å². The van der Waals surface area contributed by atoms with Crippen LogP contribution in [-0.2, 0) is 6.18 Å². The van der Waals surface area contributed by atoms with Crippen molar-refractivity contribution in [3.05, 3.63) is 101 Å². The van der Waals surface area contributed by atoms with Crippen LogP contribution in [0.3, 0.4) is 0 Å². The predicted octanol–water partition coefficient (Wildman–Crippen LogP) is 4.90. The number of rotatable bonds is 6. The molecule has 1 unspecified atom stereocenters. The van der Waals surface area contributed by atoms with Crippen LogP contribution in [-0.4, -0.2) is 17.9 Å². The number of Topliss-reactive ketones (excluding diaryl/α,β-unsaturated/α-hetero) is 1. The molecule has 2 N–H and O–H groups in total. The quantitative estimate of drug-likeness (QED) is 0.342. The lowest BCUT2D eigenvalue weighted by atomic mass is 10.1. The molecule has 0 aliphatic carbocycles. The van der Waals surface area contributed by atoms with E-state index < -0.39 is 35.4 Å². The van der Waals surface area contributed by atoms with E-state index in [1.807, 2.05) is 0 Å². The van der Waals surface area contributed by atoms with Crippen LogP contribution in [0.15, 0.2) is 78.9 Å². The number of hydrogen-bond donors (Lipinski definition) is 2. The molecule has 0 heterocycles. The molecule has 0 radical (unpaired) electrons. The van der Waals surface area contributed by atoms with Crippen LogP contribution in [0.4, 0.5) is 23.2 Å². The lowest BCUT2D eigenvalue weighted by Crippen LogP contribution is -2.46. The molecule has 154 valence electrons. The molecule has 0 bridgehead atoms. The van der Waals surface area contributed by atoms with Gasteiger partial charge in [-0.1, -0.05) is 36.4 Å². The Morgan fingerprint density at radius 2 is 1.47 bits per heavy atom. The molecular formula is C22H16F4N2O2. The van der Waals surface area contributed by atoms with Crippen LogP contribution < -0.4 is 10.6 Å². The van der Waals surface area contributed by atoms with Gasteiger partial charge >= 0.3 is 6.18 Å². The van der Waals surface area contributed by atoms with Crippen molar-refractivity contribution in [2.24, 2.45) is 0 Å². The molecule has 0 aromatic heterocycles. The first kappa shape index (κ1) is 21.0. The maximum Gasteiger partial charge on any atom is 0.416 e. The normalized spacial score (nSPS) is 12.1. The Labute approximate surface area is 169 Å². The highest BCUT2D eigenvalue weighted by Gasteiger charge is 2.31. The fraction of sp³-hybridized carbons (Fsp3) is 0.0909. The monoisotopic (exact) mass is 416 g/mol. The number of carbonyl (C=O) groups is 2. The van der Waals surface area contributed by atoms with Crippen molar-refractivity contribution in [2.75, 3.05) is 5.32 Å². The Morgan fingerprint density at radius 1 is 0.800 bits per heavy atom. The fourth-order valence-corrected chi connectivity index (χ4v) is 2.70. The molecule has 3 aromatic rings. The fourth-order valence-electron chi connectivity index (χ4n) is 2.70. The molecule has 3 rings (SSSR count). The lowest BCUT2D eigenvalue weighted by Gasteiger charge is -2.21. The van der Waals surface area contributed by atoms with Gasteiger partial charge in [0.2, 0.25) is 5.78 Å². The number of alkyl halides is 3. The minimum Gasteiger partial charge on any atom is -0.359 e. The van der Waals surface area contributed by atoms with Gasteiger partial charge < -0.3 is 10.6 Å². The molecule has 0 saturated carbocycles. The number of nitrogens with one attached hydrogen (secondary N) is 2.